The highest BCUT2D eigenvalue weighted by molar-refractivity contribution is 5.32. The van der Waals surface area contributed by atoms with Crippen LogP contribution in [-0.2, 0) is 5.41 Å². The highest BCUT2D eigenvalue weighted by Gasteiger charge is 2.30. The Labute approximate surface area is 116 Å². The maximum absolute atomic E-state index is 10.4. The van der Waals surface area contributed by atoms with Crippen molar-refractivity contribution in [2.75, 3.05) is 19.7 Å². The summed E-state index contributed by atoms with van der Waals surface area (Å²) in [6, 6.07) is 8.17. The smallest absolute Gasteiger partial charge is 0.119 e. The number of rotatable bonds is 3. The SMILES string of the molecule is CC(C)(C)c1cccc(OCC2(O)CCNCC2)c1. The number of nitrogens with one attached hydrogen (secondary N) is 1. The second-order valence-electron chi connectivity index (χ2n) is 6.54. The standard InChI is InChI=1S/C16H25NO2/c1-15(2,3)13-5-4-6-14(11-13)19-12-16(18)7-9-17-10-8-16/h4-6,11,17-18H,7-10,12H2,1-3H3. The average Bonchev–Trinajstić information content (AvgIpc) is 2.37. The van der Waals surface area contributed by atoms with E-state index in [1.165, 1.54) is 5.56 Å². The van der Waals surface area contributed by atoms with Crippen LogP contribution in [-0.4, -0.2) is 30.4 Å². The van der Waals surface area contributed by atoms with Crippen LogP contribution in [0, 0.1) is 0 Å². The number of hydrogen-bond donors (Lipinski definition) is 2. The molecule has 0 atom stereocenters. The van der Waals surface area contributed by atoms with Gasteiger partial charge in [-0.05, 0) is 49.0 Å². The first kappa shape index (κ1) is 14.4. The van der Waals surface area contributed by atoms with Crippen molar-refractivity contribution in [1.29, 1.82) is 0 Å². The molecule has 0 aliphatic carbocycles. The Morgan fingerprint density at radius 2 is 1.95 bits per heavy atom. The molecular formula is C16H25NO2. The van der Waals surface area contributed by atoms with Gasteiger partial charge in [-0.2, -0.15) is 0 Å². The number of ether oxygens (including phenoxy) is 1. The number of benzene rings is 1. The summed E-state index contributed by atoms with van der Waals surface area (Å²) in [5.41, 5.74) is 0.691. The average molecular weight is 263 g/mol. The molecule has 1 saturated heterocycles. The van der Waals surface area contributed by atoms with E-state index in [9.17, 15) is 5.11 Å². The van der Waals surface area contributed by atoms with Crippen LogP contribution < -0.4 is 10.1 Å². The summed E-state index contributed by atoms with van der Waals surface area (Å²) in [5, 5.41) is 13.6. The fourth-order valence-corrected chi connectivity index (χ4v) is 2.31. The lowest BCUT2D eigenvalue weighted by molar-refractivity contribution is -0.0286. The third-order valence-electron chi connectivity index (χ3n) is 3.74. The molecule has 1 aliphatic heterocycles. The molecule has 1 aliphatic rings. The van der Waals surface area contributed by atoms with E-state index in [-0.39, 0.29) is 5.41 Å². The molecule has 3 heteroatoms. The zero-order valence-electron chi connectivity index (χ0n) is 12.2. The van der Waals surface area contributed by atoms with E-state index in [1.807, 2.05) is 12.1 Å². The highest BCUT2D eigenvalue weighted by atomic mass is 16.5. The van der Waals surface area contributed by atoms with Crippen molar-refractivity contribution < 1.29 is 9.84 Å². The Morgan fingerprint density at radius 1 is 1.26 bits per heavy atom. The molecule has 0 bridgehead atoms. The van der Waals surface area contributed by atoms with Crippen molar-refractivity contribution in [2.24, 2.45) is 0 Å². The summed E-state index contributed by atoms with van der Waals surface area (Å²) in [7, 11) is 0. The van der Waals surface area contributed by atoms with Crippen LogP contribution in [0.1, 0.15) is 39.2 Å². The van der Waals surface area contributed by atoms with Gasteiger partial charge in [0.25, 0.3) is 0 Å². The van der Waals surface area contributed by atoms with E-state index < -0.39 is 5.60 Å². The lowest BCUT2D eigenvalue weighted by Crippen LogP contribution is -2.45. The lowest BCUT2D eigenvalue weighted by Gasteiger charge is -2.32. The number of aliphatic hydroxyl groups is 1. The van der Waals surface area contributed by atoms with E-state index in [2.05, 4.69) is 38.2 Å². The zero-order valence-corrected chi connectivity index (χ0v) is 12.2. The van der Waals surface area contributed by atoms with Crippen molar-refractivity contribution in [1.82, 2.24) is 5.32 Å². The molecule has 0 saturated carbocycles. The number of piperidine rings is 1. The van der Waals surface area contributed by atoms with Crippen LogP contribution in [0.5, 0.6) is 5.75 Å². The first-order valence-electron chi connectivity index (χ1n) is 7.06. The van der Waals surface area contributed by atoms with Gasteiger partial charge in [-0.1, -0.05) is 32.9 Å². The van der Waals surface area contributed by atoms with Crippen molar-refractivity contribution in [3.05, 3.63) is 29.8 Å². The van der Waals surface area contributed by atoms with Gasteiger partial charge in [0.15, 0.2) is 0 Å². The first-order valence-corrected chi connectivity index (χ1v) is 7.06. The molecule has 0 unspecified atom stereocenters. The minimum absolute atomic E-state index is 0.116. The molecule has 2 N–H and O–H groups in total. The minimum Gasteiger partial charge on any atom is -0.491 e. The van der Waals surface area contributed by atoms with Gasteiger partial charge in [0.2, 0.25) is 0 Å². The Hall–Kier alpha value is -1.06. The van der Waals surface area contributed by atoms with E-state index in [0.29, 0.717) is 6.61 Å². The summed E-state index contributed by atoms with van der Waals surface area (Å²) in [6.07, 6.45) is 1.51. The molecule has 0 aromatic heterocycles. The monoisotopic (exact) mass is 263 g/mol. The Bertz CT molecular complexity index is 417. The maximum atomic E-state index is 10.4. The van der Waals surface area contributed by atoms with Gasteiger partial charge in [0, 0.05) is 0 Å². The molecule has 2 rings (SSSR count). The lowest BCUT2D eigenvalue weighted by atomic mass is 9.87. The second kappa shape index (κ2) is 5.51. The molecule has 0 spiro atoms. The minimum atomic E-state index is -0.678. The van der Waals surface area contributed by atoms with Crippen molar-refractivity contribution >= 4 is 0 Å². The normalized spacial score (nSPS) is 19.2. The van der Waals surface area contributed by atoms with Crippen LogP contribution in [0.4, 0.5) is 0 Å². The molecule has 1 aromatic carbocycles. The van der Waals surface area contributed by atoms with Crippen LogP contribution in [0.25, 0.3) is 0 Å². The molecular weight excluding hydrogens is 238 g/mol. The zero-order chi connectivity index (χ0) is 13.9. The Kier molecular flexibility index (Phi) is 4.16. The third kappa shape index (κ3) is 3.95. The van der Waals surface area contributed by atoms with Crippen molar-refractivity contribution in [3.63, 3.8) is 0 Å². The van der Waals surface area contributed by atoms with Gasteiger partial charge in [0.1, 0.15) is 18.0 Å². The van der Waals surface area contributed by atoms with Crippen molar-refractivity contribution in [3.8, 4) is 5.75 Å². The molecule has 106 valence electrons. The van der Waals surface area contributed by atoms with Crippen LogP contribution in [0.2, 0.25) is 0 Å². The number of hydrogen-bond acceptors (Lipinski definition) is 3. The summed E-state index contributed by atoms with van der Waals surface area (Å²) in [5.74, 6) is 0.847. The molecule has 3 nitrogen and oxygen atoms in total. The van der Waals surface area contributed by atoms with Crippen LogP contribution >= 0.6 is 0 Å². The van der Waals surface area contributed by atoms with E-state index in [4.69, 9.17) is 4.74 Å². The van der Waals surface area contributed by atoms with Crippen LogP contribution in [0.3, 0.4) is 0 Å². The van der Waals surface area contributed by atoms with Gasteiger partial charge in [0.05, 0.1) is 0 Å². The summed E-state index contributed by atoms with van der Waals surface area (Å²) >= 11 is 0. The van der Waals surface area contributed by atoms with Crippen LogP contribution in [0.15, 0.2) is 24.3 Å². The Balaban J connectivity index is 1.99. The summed E-state index contributed by atoms with van der Waals surface area (Å²) < 4.78 is 5.81. The Morgan fingerprint density at radius 3 is 2.58 bits per heavy atom. The fraction of sp³-hybridized carbons (Fsp3) is 0.625. The maximum Gasteiger partial charge on any atom is 0.119 e. The van der Waals surface area contributed by atoms with Gasteiger partial charge in [-0.3, -0.25) is 0 Å². The predicted molar refractivity (Wildman–Crippen MR) is 77.7 cm³/mol. The molecule has 1 aromatic rings. The second-order valence-corrected chi connectivity index (χ2v) is 6.54. The fourth-order valence-electron chi connectivity index (χ4n) is 2.31. The molecule has 1 fully saturated rings. The van der Waals surface area contributed by atoms with E-state index in [0.717, 1.165) is 31.7 Å². The van der Waals surface area contributed by atoms with E-state index >= 15 is 0 Å². The molecule has 19 heavy (non-hydrogen) atoms. The first-order chi connectivity index (χ1) is 8.89. The van der Waals surface area contributed by atoms with Gasteiger partial charge < -0.3 is 15.2 Å². The highest BCUT2D eigenvalue weighted by Crippen LogP contribution is 2.26. The predicted octanol–water partition coefficient (Wildman–Crippen LogP) is 2.48. The molecule has 0 radical (unpaired) electrons. The van der Waals surface area contributed by atoms with Gasteiger partial charge in [-0.25, -0.2) is 0 Å². The largest absolute Gasteiger partial charge is 0.491 e. The third-order valence-corrected chi connectivity index (χ3v) is 3.74. The van der Waals surface area contributed by atoms with Gasteiger partial charge >= 0.3 is 0 Å². The summed E-state index contributed by atoms with van der Waals surface area (Å²) in [6.45, 7) is 8.66. The van der Waals surface area contributed by atoms with E-state index in [1.54, 1.807) is 0 Å². The molecule has 0 amide bonds. The molecule has 1 heterocycles. The quantitative estimate of drug-likeness (QED) is 0.880. The topological polar surface area (TPSA) is 41.5 Å². The van der Waals surface area contributed by atoms with Crippen molar-refractivity contribution in [2.45, 2.75) is 44.6 Å². The summed E-state index contributed by atoms with van der Waals surface area (Å²) in [4.78, 5) is 0. The van der Waals surface area contributed by atoms with Gasteiger partial charge in [-0.15, -0.1) is 0 Å².